The van der Waals surface area contributed by atoms with E-state index in [-0.39, 0.29) is 5.91 Å². The number of piperidine rings is 1. The van der Waals surface area contributed by atoms with E-state index in [9.17, 15) is 4.79 Å². The summed E-state index contributed by atoms with van der Waals surface area (Å²) in [6.07, 6.45) is 3.93. The molecule has 1 amide bonds. The van der Waals surface area contributed by atoms with Crippen molar-refractivity contribution in [3.8, 4) is 0 Å². The average molecular weight is 262 g/mol. The lowest BCUT2D eigenvalue weighted by Crippen LogP contribution is -2.31. The third-order valence-electron chi connectivity index (χ3n) is 3.45. The minimum Gasteiger partial charge on any atom is -0.316 e. The number of amides is 1. The van der Waals surface area contributed by atoms with Crippen LogP contribution < -0.4 is 10.8 Å². The molecule has 1 saturated heterocycles. The van der Waals surface area contributed by atoms with Gasteiger partial charge < -0.3 is 5.32 Å². The Balaban J connectivity index is 1.57. The van der Waals surface area contributed by atoms with Crippen LogP contribution in [0, 0.1) is 5.92 Å². The highest BCUT2D eigenvalue weighted by Gasteiger charge is 2.14. The monoisotopic (exact) mass is 262 g/mol. The average Bonchev–Trinajstić information content (AvgIpc) is 2.47. The van der Waals surface area contributed by atoms with Crippen molar-refractivity contribution in [1.82, 2.24) is 10.8 Å². The predicted octanol–water partition coefficient (Wildman–Crippen LogP) is 2.01. The Morgan fingerprint density at radius 3 is 2.95 bits per heavy atom. The SMILES string of the molecule is O=C(CCC1CCCNC1)NOCc1ccccc1. The van der Waals surface area contributed by atoms with Crippen LogP contribution >= 0.6 is 0 Å². The molecule has 2 rings (SSSR count). The third-order valence-corrected chi connectivity index (χ3v) is 3.45. The second-order valence-corrected chi connectivity index (χ2v) is 5.05. The largest absolute Gasteiger partial charge is 0.316 e. The molecule has 0 spiro atoms. The number of hydrogen-bond donors (Lipinski definition) is 2. The first-order valence-corrected chi connectivity index (χ1v) is 7.00. The summed E-state index contributed by atoms with van der Waals surface area (Å²) in [6.45, 7) is 2.57. The van der Waals surface area contributed by atoms with Crippen molar-refractivity contribution in [2.24, 2.45) is 5.92 Å². The lowest BCUT2D eigenvalue weighted by atomic mass is 9.95. The van der Waals surface area contributed by atoms with Gasteiger partial charge in [0.2, 0.25) is 5.91 Å². The topological polar surface area (TPSA) is 50.4 Å². The van der Waals surface area contributed by atoms with Crippen LogP contribution in [0.2, 0.25) is 0 Å². The fourth-order valence-corrected chi connectivity index (χ4v) is 2.33. The molecule has 1 aromatic rings. The number of rotatable bonds is 6. The van der Waals surface area contributed by atoms with Gasteiger partial charge in [-0.25, -0.2) is 5.48 Å². The van der Waals surface area contributed by atoms with E-state index >= 15 is 0 Å². The van der Waals surface area contributed by atoms with E-state index in [1.54, 1.807) is 0 Å². The fraction of sp³-hybridized carbons (Fsp3) is 0.533. The maximum atomic E-state index is 11.6. The van der Waals surface area contributed by atoms with Crippen molar-refractivity contribution in [2.45, 2.75) is 32.3 Å². The van der Waals surface area contributed by atoms with Gasteiger partial charge in [-0.15, -0.1) is 0 Å². The van der Waals surface area contributed by atoms with Crippen LogP contribution in [-0.2, 0) is 16.2 Å². The molecule has 1 fully saturated rings. The molecule has 4 heteroatoms. The van der Waals surface area contributed by atoms with Crippen LogP contribution in [0.1, 0.15) is 31.2 Å². The van der Waals surface area contributed by atoms with Gasteiger partial charge in [-0.1, -0.05) is 30.3 Å². The summed E-state index contributed by atoms with van der Waals surface area (Å²) >= 11 is 0. The van der Waals surface area contributed by atoms with E-state index in [1.807, 2.05) is 30.3 Å². The van der Waals surface area contributed by atoms with Crippen molar-refractivity contribution in [3.63, 3.8) is 0 Å². The third kappa shape index (κ3) is 5.41. The maximum absolute atomic E-state index is 11.6. The van der Waals surface area contributed by atoms with Gasteiger partial charge in [0.15, 0.2) is 0 Å². The zero-order valence-corrected chi connectivity index (χ0v) is 11.2. The molecule has 1 aliphatic rings. The molecule has 4 nitrogen and oxygen atoms in total. The molecule has 1 aromatic carbocycles. The first-order valence-electron chi connectivity index (χ1n) is 7.00. The Labute approximate surface area is 114 Å². The minimum atomic E-state index is -0.0264. The van der Waals surface area contributed by atoms with E-state index in [2.05, 4.69) is 10.8 Å². The molecule has 104 valence electrons. The van der Waals surface area contributed by atoms with Gasteiger partial charge in [-0.2, -0.15) is 0 Å². The standard InChI is InChI=1S/C15H22N2O2/c18-15(9-8-13-7-4-10-16-11-13)17-19-12-14-5-2-1-3-6-14/h1-3,5-6,13,16H,4,7-12H2,(H,17,18). The summed E-state index contributed by atoms with van der Waals surface area (Å²) in [4.78, 5) is 16.8. The molecule has 1 heterocycles. The van der Waals surface area contributed by atoms with Gasteiger partial charge in [0.25, 0.3) is 0 Å². The summed E-state index contributed by atoms with van der Waals surface area (Å²) in [5.41, 5.74) is 3.57. The van der Waals surface area contributed by atoms with Crippen molar-refractivity contribution in [3.05, 3.63) is 35.9 Å². The Morgan fingerprint density at radius 2 is 2.21 bits per heavy atom. The Hall–Kier alpha value is -1.39. The molecule has 2 N–H and O–H groups in total. The normalized spacial score (nSPS) is 19.1. The molecule has 1 atom stereocenters. The van der Waals surface area contributed by atoms with Crippen molar-refractivity contribution < 1.29 is 9.63 Å². The van der Waals surface area contributed by atoms with Crippen LogP contribution in [0.5, 0.6) is 0 Å². The summed E-state index contributed by atoms with van der Waals surface area (Å²) in [6, 6.07) is 9.81. The van der Waals surface area contributed by atoms with Gasteiger partial charge in [-0.05, 0) is 43.8 Å². The predicted molar refractivity (Wildman–Crippen MR) is 74.2 cm³/mol. The molecule has 19 heavy (non-hydrogen) atoms. The molecular formula is C15H22N2O2. The van der Waals surface area contributed by atoms with Gasteiger partial charge in [-0.3, -0.25) is 9.63 Å². The molecule has 0 radical (unpaired) electrons. The highest BCUT2D eigenvalue weighted by atomic mass is 16.6. The van der Waals surface area contributed by atoms with Crippen molar-refractivity contribution in [2.75, 3.05) is 13.1 Å². The first kappa shape index (κ1) is 14.0. The number of hydrogen-bond acceptors (Lipinski definition) is 3. The summed E-state index contributed by atoms with van der Waals surface area (Å²) in [5.74, 6) is 0.607. The molecule has 0 aromatic heterocycles. The van der Waals surface area contributed by atoms with Crippen LogP contribution in [-0.4, -0.2) is 19.0 Å². The number of carbonyl (C=O) groups is 1. The second-order valence-electron chi connectivity index (χ2n) is 5.05. The smallest absolute Gasteiger partial charge is 0.243 e. The lowest BCUT2D eigenvalue weighted by Gasteiger charge is -2.22. The van der Waals surface area contributed by atoms with E-state index in [1.165, 1.54) is 12.8 Å². The van der Waals surface area contributed by atoms with Gasteiger partial charge >= 0.3 is 0 Å². The number of benzene rings is 1. The maximum Gasteiger partial charge on any atom is 0.243 e. The summed E-state index contributed by atoms with van der Waals surface area (Å²) in [5, 5.41) is 3.36. The molecule has 1 aliphatic heterocycles. The van der Waals surface area contributed by atoms with Crippen molar-refractivity contribution >= 4 is 5.91 Å². The summed E-state index contributed by atoms with van der Waals surface area (Å²) < 4.78 is 0. The van der Waals surface area contributed by atoms with E-state index in [0.29, 0.717) is 18.9 Å². The van der Waals surface area contributed by atoms with E-state index in [0.717, 1.165) is 25.1 Å². The van der Waals surface area contributed by atoms with Crippen LogP contribution in [0.25, 0.3) is 0 Å². The Kier molecular flexibility index (Phi) is 5.85. The quantitative estimate of drug-likeness (QED) is 0.771. The highest BCUT2D eigenvalue weighted by molar-refractivity contribution is 5.74. The van der Waals surface area contributed by atoms with Crippen molar-refractivity contribution in [1.29, 1.82) is 0 Å². The van der Waals surface area contributed by atoms with Crippen LogP contribution in [0.3, 0.4) is 0 Å². The van der Waals surface area contributed by atoms with Crippen LogP contribution in [0.4, 0.5) is 0 Å². The molecular weight excluding hydrogens is 240 g/mol. The van der Waals surface area contributed by atoms with Crippen LogP contribution in [0.15, 0.2) is 30.3 Å². The highest BCUT2D eigenvalue weighted by Crippen LogP contribution is 2.15. The molecule has 0 bridgehead atoms. The number of nitrogens with one attached hydrogen (secondary N) is 2. The molecule has 1 unspecified atom stereocenters. The summed E-state index contributed by atoms with van der Waals surface area (Å²) in [7, 11) is 0. The fourth-order valence-electron chi connectivity index (χ4n) is 2.33. The Bertz CT molecular complexity index is 375. The van der Waals surface area contributed by atoms with Gasteiger partial charge in [0.1, 0.15) is 0 Å². The number of carbonyl (C=O) groups excluding carboxylic acids is 1. The van der Waals surface area contributed by atoms with E-state index in [4.69, 9.17) is 4.84 Å². The molecule has 0 aliphatic carbocycles. The first-order chi connectivity index (χ1) is 9.34. The zero-order chi connectivity index (χ0) is 13.3. The minimum absolute atomic E-state index is 0.0264. The van der Waals surface area contributed by atoms with Gasteiger partial charge in [0.05, 0.1) is 6.61 Å². The Morgan fingerprint density at radius 1 is 1.37 bits per heavy atom. The molecule has 0 saturated carbocycles. The number of hydroxylamine groups is 1. The zero-order valence-electron chi connectivity index (χ0n) is 11.2. The lowest BCUT2D eigenvalue weighted by molar-refractivity contribution is -0.134. The second kappa shape index (κ2) is 7.92. The van der Waals surface area contributed by atoms with Gasteiger partial charge in [0, 0.05) is 6.42 Å². The van der Waals surface area contributed by atoms with E-state index < -0.39 is 0 Å².